The fourth-order valence-electron chi connectivity index (χ4n) is 3.76. The Bertz CT molecular complexity index is 1020. The molecule has 3 unspecified atom stereocenters. The van der Waals surface area contributed by atoms with Crippen LogP contribution in [0, 0.1) is 24.1 Å². The zero-order chi connectivity index (χ0) is 22.2. The monoisotopic (exact) mass is 438 g/mol. The molecule has 10 nitrogen and oxygen atoms in total. The quantitative estimate of drug-likeness (QED) is 0.519. The van der Waals surface area contributed by atoms with Crippen molar-refractivity contribution in [1.29, 1.82) is 5.26 Å². The van der Waals surface area contributed by atoms with Crippen LogP contribution in [-0.4, -0.2) is 61.9 Å². The lowest BCUT2D eigenvalue weighted by atomic mass is 9.98. The minimum Gasteiger partial charge on any atom is -0.350 e. The van der Waals surface area contributed by atoms with Gasteiger partial charge in [-0.25, -0.2) is 21.9 Å². The number of fused-ring (bicyclic) bond motifs is 1. The first kappa shape index (κ1) is 21.9. The molecule has 3 rings (SSSR count). The van der Waals surface area contributed by atoms with E-state index in [0.717, 1.165) is 6.07 Å². The number of carbonyl (C=O) groups is 2. The van der Waals surface area contributed by atoms with Gasteiger partial charge in [0.2, 0.25) is 5.91 Å². The Morgan fingerprint density at radius 2 is 2.17 bits per heavy atom. The molecule has 1 fully saturated rings. The maximum absolute atomic E-state index is 14.3. The van der Waals surface area contributed by atoms with Crippen molar-refractivity contribution in [2.45, 2.75) is 49.8 Å². The molecule has 30 heavy (non-hydrogen) atoms. The van der Waals surface area contributed by atoms with Gasteiger partial charge in [-0.1, -0.05) is 0 Å². The van der Waals surface area contributed by atoms with E-state index in [9.17, 15) is 22.4 Å². The van der Waals surface area contributed by atoms with Gasteiger partial charge in [-0.3, -0.25) is 10.1 Å². The summed E-state index contributed by atoms with van der Waals surface area (Å²) in [7, 11) is -4.54. The molecular weight excluding hydrogens is 415 g/mol. The number of hydrogen-bond acceptors (Lipinski definition) is 7. The van der Waals surface area contributed by atoms with E-state index in [1.165, 1.54) is 6.07 Å². The third-order valence-corrected chi connectivity index (χ3v) is 6.94. The summed E-state index contributed by atoms with van der Waals surface area (Å²) in [6.45, 7) is 4.75. The second-order valence-electron chi connectivity index (χ2n) is 7.49. The summed E-state index contributed by atoms with van der Waals surface area (Å²) in [6, 6.07) is 2.35. The summed E-state index contributed by atoms with van der Waals surface area (Å²) in [6.07, 6.45) is 0. The lowest BCUT2D eigenvalue weighted by Gasteiger charge is -2.38. The molecule has 4 N–H and O–H groups in total. The standard InChI is InChI=1S/C18H23FN6O4S/c1-9-4-13(19)17-14(5-9)24-18(27)25(30(17,28)29)8-15(26)23-11(3)16-10(2)22-12(6-20)7-21-16/h4-5,10-12,16,21-22H,7-8H2,1-3H3,(H,23,26)(H,24,27)/t10?,11-,12?,16?/m1/s1. The Balaban J connectivity index is 1.72. The number of aryl methyl sites for hydroxylation is 1. The molecule has 1 aromatic carbocycles. The molecule has 12 heteroatoms. The highest BCUT2D eigenvalue weighted by Gasteiger charge is 2.41. The van der Waals surface area contributed by atoms with Crippen molar-refractivity contribution < 1.29 is 22.4 Å². The number of nitriles is 1. The van der Waals surface area contributed by atoms with Crippen LogP contribution in [0.3, 0.4) is 0 Å². The first-order valence-electron chi connectivity index (χ1n) is 9.37. The van der Waals surface area contributed by atoms with Crippen molar-refractivity contribution in [3.05, 3.63) is 23.5 Å². The molecular formula is C18H23FN6O4S. The van der Waals surface area contributed by atoms with Crippen LogP contribution in [0.5, 0.6) is 0 Å². The summed E-state index contributed by atoms with van der Waals surface area (Å²) in [5.74, 6) is -1.71. The van der Waals surface area contributed by atoms with Gasteiger partial charge >= 0.3 is 6.03 Å². The van der Waals surface area contributed by atoms with Gasteiger partial charge in [0.1, 0.15) is 23.3 Å². The topological polar surface area (TPSA) is 143 Å². The van der Waals surface area contributed by atoms with Gasteiger partial charge in [0, 0.05) is 24.7 Å². The van der Waals surface area contributed by atoms with E-state index in [-0.39, 0.29) is 23.8 Å². The van der Waals surface area contributed by atoms with Gasteiger partial charge in [-0.2, -0.15) is 5.26 Å². The van der Waals surface area contributed by atoms with Crippen LogP contribution in [0.1, 0.15) is 19.4 Å². The zero-order valence-corrected chi connectivity index (χ0v) is 17.5. The van der Waals surface area contributed by atoms with Crippen LogP contribution in [0.15, 0.2) is 17.0 Å². The smallest absolute Gasteiger partial charge is 0.336 e. The van der Waals surface area contributed by atoms with Crippen molar-refractivity contribution in [3.8, 4) is 6.07 Å². The Hall–Kier alpha value is -2.75. The van der Waals surface area contributed by atoms with Crippen LogP contribution in [0.25, 0.3) is 0 Å². The molecule has 2 aliphatic heterocycles. The van der Waals surface area contributed by atoms with Gasteiger partial charge in [0.25, 0.3) is 10.0 Å². The minimum absolute atomic E-state index is 0.134. The predicted molar refractivity (Wildman–Crippen MR) is 105 cm³/mol. The molecule has 0 saturated carbocycles. The largest absolute Gasteiger partial charge is 0.350 e. The number of hydrogen-bond donors (Lipinski definition) is 4. The molecule has 0 aliphatic carbocycles. The number of carbonyl (C=O) groups excluding carboxylic acids is 2. The van der Waals surface area contributed by atoms with Crippen LogP contribution in [-0.2, 0) is 14.8 Å². The van der Waals surface area contributed by atoms with Crippen LogP contribution in [0.2, 0.25) is 0 Å². The number of anilines is 1. The van der Waals surface area contributed by atoms with Crippen molar-refractivity contribution >= 4 is 27.6 Å². The maximum atomic E-state index is 14.3. The van der Waals surface area contributed by atoms with Crippen LogP contribution < -0.4 is 21.3 Å². The predicted octanol–water partition coefficient (Wildman–Crippen LogP) is 0.0171. The number of halogens is 1. The number of urea groups is 1. The molecule has 0 bridgehead atoms. The average molecular weight is 438 g/mol. The van der Waals surface area contributed by atoms with Gasteiger partial charge in [-0.15, -0.1) is 0 Å². The van der Waals surface area contributed by atoms with E-state index in [4.69, 9.17) is 5.26 Å². The Morgan fingerprint density at radius 3 is 2.80 bits per heavy atom. The van der Waals surface area contributed by atoms with E-state index < -0.39 is 45.3 Å². The molecule has 0 aromatic heterocycles. The van der Waals surface area contributed by atoms with Gasteiger partial charge in [0.05, 0.1) is 11.8 Å². The summed E-state index contributed by atoms with van der Waals surface area (Å²) in [4.78, 5) is 24.1. The van der Waals surface area contributed by atoms with E-state index in [1.54, 1.807) is 13.8 Å². The van der Waals surface area contributed by atoms with Crippen LogP contribution in [0.4, 0.5) is 14.9 Å². The first-order valence-corrected chi connectivity index (χ1v) is 10.8. The zero-order valence-electron chi connectivity index (χ0n) is 16.7. The normalized spacial score (nSPS) is 26.2. The van der Waals surface area contributed by atoms with Gasteiger partial charge < -0.3 is 16.0 Å². The van der Waals surface area contributed by atoms with Gasteiger partial charge in [0.15, 0.2) is 0 Å². The Kier molecular flexibility index (Phi) is 5.98. The molecule has 1 saturated heterocycles. The number of nitrogens with zero attached hydrogens (tertiary/aromatic N) is 2. The molecule has 2 aliphatic rings. The molecule has 4 atom stereocenters. The van der Waals surface area contributed by atoms with E-state index in [2.05, 4.69) is 27.3 Å². The molecule has 1 aromatic rings. The molecule has 3 amide bonds. The fourth-order valence-corrected chi connectivity index (χ4v) is 5.23. The highest BCUT2D eigenvalue weighted by Crippen LogP contribution is 2.33. The number of rotatable bonds is 4. The summed E-state index contributed by atoms with van der Waals surface area (Å²) in [5, 5.41) is 20.3. The van der Waals surface area contributed by atoms with E-state index in [1.807, 2.05) is 6.92 Å². The number of sulfonamides is 1. The highest BCUT2D eigenvalue weighted by molar-refractivity contribution is 7.90. The van der Waals surface area contributed by atoms with Crippen molar-refractivity contribution in [2.75, 3.05) is 18.4 Å². The van der Waals surface area contributed by atoms with Crippen LogP contribution >= 0.6 is 0 Å². The molecule has 0 radical (unpaired) electrons. The lowest BCUT2D eigenvalue weighted by Crippen LogP contribution is -2.65. The SMILES string of the molecule is Cc1cc(F)c2c(c1)NC(=O)N(CC(=O)N[C@H](C)C1NCC(C#N)NC1C)S2(=O)=O. The number of benzene rings is 1. The van der Waals surface area contributed by atoms with Crippen molar-refractivity contribution in [2.24, 2.45) is 0 Å². The summed E-state index contributed by atoms with van der Waals surface area (Å²) < 4.78 is 40.2. The second kappa shape index (κ2) is 8.17. The second-order valence-corrected chi connectivity index (χ2v) is 9.29. The highest BCUT2D eigenvalue weighted by atomic mass is 32.2. The minimum atomic E-state index is -4.54. The first-order chi connectivity index (χ1) is 14.0. The third-order valence-electron chi connectivity index (χ3n) is 5.13. The third kappa shape index (κ3) is 4.09. The molecule has 0 spiro atoms. The average Bonchev–Trinajstić information content (AvgIpc) is 2.63. The van der Waals surface area contributed by atoms with E-state index >= 15 is 0 Å². The Labute approximate surface area is 173 Å². The number of amides is 3. The van der Waals surface area contributed by atoms with Gasteiger partial charge in [-0.05, 0) is 38.5 Å². The van der Waals surface area contributed by atoms with Crippen molar-refractivity contribution in [1.82, 2.24) is 20.3 Å². The van der Waals surface area contributed by atoms with E-state index in [0.29, 0.717) is 16.4 Å². The lowest BCUT2D eigenvalue weighted by molar-refractivity contribution is -0.121. The fraction of sp³-hybridized carbons (Fsp3) is 0.500. The summed E-state index contributed by atoms with van der Waals surface area (Å²) in [5.41, 5.74) is 0.295. The molecule has 2 heterocycles. The maximum Gasteiger partial charge on any atom is 0.336 e. The van der Waals surface area contributed by atoms with Crippen molar-refractivity contribution in [3.63, 3.8) is 0 Å². The Morgan fingerprint density at radius 1 is 1.47 bits per heavy atom. The number of piperazine rings is 1. The number of nitrogens with one attached hydrogen (secondary N) is 4. The molecule has 162 valence electrons. The summed E-state index contributed by atoms with van der Waals surface area (Å²) >= 11 is 0.